The molecule has 0 bridgehead atoms. The summed E-state index contributed by atoms with van der Waals surface area (Å²) in [4.78, 5) is 9.78. The van der Waals surface area contributed by atoms with Crippen LogP contribution in [0.1, 0.15) is 5.69 Å². The maximum Gasteiger partial charge on any atom is 0.272 e. The molecule has 0 saturated carbocycles. The molecule has 1 N–H and O–H groups in total. The van der Waals surface area contributed by atoms with E-state index in [4.69, 9.17) is 5.11 Å². The van der Waals surface area contributed by atoms with E-state index in [1.54, 1.807) is 0 Å². The van der Waals surface area contributed by atoms with E-state index in [1.165, 1.54) is 12.3 Å². The summed E-state index contributed by atoms with van der Waals surface area (Å²) in [6.45, 7) is -0.501. The number of nitro benzene ring substituents is 1. The minimum absolute atomic E-state index is 0.00921. The van der Waals surface area contributed by atoms with Gasteiger partial charge in [-0.05, 0) is 6.07 Å². The average molecular weight is 287 g/mol. The summed E-state index contributed by atoms with van der Waals surface area (Å²) in [5.74, 6) is -0.840. The number of nitro groups is 1. The van der Waals surface area contributed by atoms with Crippen LogP contribution in [0, 0.1) is 15.9 Å². The summed E-state index contributed by atoms with van der Waals surface area (Å²) >= 11 is -0.208. The number of hydrogen-bond donors (Lipinski definition) is 1. The molecule has 0 amide bonds. The van der Waals surface area contributed by atoms with Gasteiger partial charge in [-0.25, -0.2) is 4.39 Å². The number of halogens is 2. The SMILES string of the molecule is O=[N+]([O-])c1ccc(-c2cn(SF)nc2CO)c(F)c1. The van der Waals surface area contributed by atoms with E-state index in [1.807, 2.05) is 0 Å². The normalized spacial score (nSPS) is 10.7. The van der Waals surface area contributed by atoms with Crippen molar-refractivity contribution in [3.8, 4) is 11.1 Å². The Labute approximate surface area is 110 Å². The van der Waals surface area contributed by atoms with Crippen molar-refractivity contribution in [1.82, 2.24) is 9.19 Å². The molecule has 0 atom stereocenters. The number of rotatable bonds is 4. The molecule has 1 aromatic heterocycles. The molecule has 0 saturated heterocycles. The molecule has 100 valence electrons. The molecule has 1 heterocycles. The van der Waals surface area contributed by atoms with Gasteiger partial charge >= 0.3 is 0 Å². The number of aliphatic hydroxyl groups excluding tert-OH is 1. The van der Waals surface area contributed by atoms with Crippen molar-refractivity contribution < 1.29 is 18.3 Å². The molecule has 0 aliphatic heterocycles. The van der Waals surface area contributed by atoms with Gasteiger partial charge in [0.1, 0.15) is 5.82 Å². The number of hydrogen-bond acceptors (Lipinski definition) is 5. The lowest BCUT2D eigenvalue weighted by molar-refractivity contribution is -0.385. The van der Waals surface area contributed by atoms with E-state index in [0.717, 1.165) is 16.2 Å². The molecule has 2 rings (SSSR count). The number of benzene rings is 1. The zero-order chi connectivity index (χ0) is 14.0. The number of aliphatic hydroxyl groups is 1. The van der Waals surface area contributed by atoms with E-state index in [9.17, 15) is 18.4 Å². The van der Waals surface area contributed by atoms with Crippen LogP contribution in [0.3, 0.4) is 0 Å². The fourth-order valence-electron chi connectivity index (χ4n) is 1.60. The summed E-state index contributed by atoms with van der Waals surface area (Å²) in [5.41, 5.74) is -0.119. The molecule has 0 aliphatic carbocycles. The van der Waals surface area contributed by atoms with Crippen molar-refractivity contribution in [2.75, 3.05) is 0 Å². The Kier molecular flexibility index (Phi) is 3.76. The number of nitrogens with zero attached hydrogens (tertiary/aromatic N) is 3. The van der Waals surface area contributed by atoms with Crippen LogP contribution in [0.15, 0.2) is 24.4 Å². The zero-order valence-electron chi connectivity index (χ0n) is 9.29. The highest BCUT2D eigenvalue weighted by atomic mass is 32.2. The maximum atomic E-state index is 13.8. The summed E-state index contributed by atoms with van der Waals surface area (Å²) < 4.78 is 27.0. The molecule has 0 unspecified atom stereocenters. The lowest BCUT2D eigenvalue weighted by Gasteiger charge is -2.01. The van der Waals surface area contributed by atoms with E-state index in [0.29, 0.717) is 0 Å². The second kappa shape index (κ2) is 5.33. The van der Waals surface area contributed by atoms with Gasteiger partial charge in [0.2, 0.25) is 0 Å². The third kappa shape index (κ3) is 2.56. The van der Waals surface area contributed by atoms with Crippen molar-refractivity contribution >= 4 is 18.0 Å². The third-order valence-electron chi connectivity index (χ3n) is 2.44. The van der Waals surface area contributed by atoms with Gasteiger partial charge in [-0.3, -0.25) is 10.1 Å². The van der Waals surface area contributed by atoms with E-state index >= 15 is 0 Å². The molecule has 19 heavy (non-hydrogen) atoms. The Morgan fingerprint density at radius 1 is 1.47 bits per heavy atom. The Balaban J connectivity index is 2.52. The fourth-order valence-corrected chi connectivity index (χ4v) is 1.87. The van der Waals surface area contributed by atoms with Gasteiger partial charge in [0.15, 0.2) is 12.3 Å². The first kappa shape index (κ1) is 13.4. The molecule has 0 spiro atoms. The minimum Gasteiger partial charge on any atom is -0.390 e. The van der Waals surface area contributed by atoms with Crippen LogP contribution >= 0.6 is 12.3 Å². The maximum absolute atomic E-state index is 13.8. The second-order valence-electron chi connectivity index (χ2n) is 3.54. The lowest BCUT2D eigenvalue weighted by atomic mass is 10.1. The molecule has 2 aromatic rings. The Hall–Kier alpha value is -2.00. The van der Waals surface area contributed by atoms with E-state index in [2.05, 4.69) is 5.10 Å². The van der Waals surface area contributed by atoms with E-state index in [-0.39, 0.29) is 34.8 Å². The van der Waals surface area contributed by atoms with Gasteiger partial charge in [-0.2, -0.15) is 9.19 Å². The first-order chi connectivity index (χ1) is 9.06. The molecule has 0 fully saturated rings. The zero-order valence-corrected chi connectivity index (χ0v) is 10.1. The van der Waals surface area contributed by atoms with Crippen molar-refractivity contribution in [2.24, 2.45) is 0 Å². The highest BCUT2D eigenvalue weighted by Gasteiger charge is 2.17. The van der Waals surface area contributed by atoms with Crippen LogP contribution in [-0.4, -0.2) is 19.2 Å². The van der Waals surface area contributed by atoms with Crippen LogP contribution in [0.2, 0.25) is 0 Å². The minimum atomic E-state index is -0.840. The molecule has 6 nitrogen and oxygen atoms in total. The Morgan fingerprint density at radius 3 is 2.74 bits per heavy atom. The molecular formula is C10H7F2N3O3S. The standard InChI is InChI=1S/C10H7F2N3O3S/c11-9-3-6(15(17)18)1-2-7(9)8-4-14(19-12)13-10(8)5-16/h1-4,16H,5H2. The van der Waals surface area contributed by atoms with Crippen LogP contribution in [-0.2, 0) is 6.61 Å². The smallest absolute Gasteiger partial charge is 0.272 e. The summed E-state index contributed by atoms with van der Waals surface area (Å²) in [6, 6.07) is 3.08. The molecule has 0 aliphatic rings. The first-order valence-corrected chi connectivity index (χ1v) is 5.67. The summed E-state index contributed by atoms with van der Waals surface area (Å²) in [6.07, 6.45) is 1.19. The summed E-state index contributed by atoms with van der Waals surface area (Å²) in [7, 11) is 0. The van der Waals surface area contributed by atoms with Crippen LogP contribution < -0.4 is 0 Å². The first-order valence-electron chi connectivity index (χ1n) is 4.99. The van der Waals surface area contributed by atoms with Crippen LogP contribution in [0.4, 0.5) is 14.0 Å². The Morgan fingerprint density at radius 2 is 2.21 bits per heavy atom. The van der Waals surface area contributed by atoms with Crippen molar-refractivity contribution in [1.29, 1.82) is 0 Å². The quantitative estimate of drug-likeness (QED) is 0.690. The van der Waals surface area contributed by atoms with Crippen LogP contribution in [0.25, 0.3) is 11.1 Å². The lowest BCUT2D eigenvalue weighted by Crippen LogP contribution is -1.93. The highest BCUT2D eigenvalue weighted by molar-refractivity contribution is 7.92. The van der Waals surface area contributed by atoms with Gasteiger partial charge in [0, 0.05) is 23.4 Å². The third-order valence-corrected chi connectivity index (χ3v) is 2.77. The van der Waals surface area contributed by atoms with Gasteiger partial charge in [-0.1, -0.05) is 0 Å². The Bertz CT molecular complexity index is 632. The van der Waals surface area contributed by atoms with Crippen molar-refractivity contribution in [2.45, 2.75) is 6.61 Å². The molecule has 0 radical (unpaired) electrons. The monoisotopic (exact) mass is 287 g/mol. The summed E-state index contributed by atoms with van der Waals surface area (Å²) in [5, 5.41) is 23.3. The van der Waals surface area contributed by atoms with Crippen molar-refractivity contribution in [3.63, 3.8) is 0 Å². The van der Waals surface area contributed by atoms with Gasteiger partial charge in [0.25, 0.3) is 5.69 Å². The fraction of sp³-hybridized carbons (Fsp3) is 0.100. The van der Waals surface area contributed by atoms with Crippen molar-refractivity contribution in [3.05, 3.63) is 46.0 Å². The van der Waals surface area contributed by atoms with E-state index < -0.39 is 17.3 Å². The number of non-ortho nitro benzene ring substituents is 1. The van der Waals surface area contributed by atoms with Crippen LogP contribution in [0.5, 0.6) is 0 Å². The largest absolute Gasteiger partial charge is 0.390 e. The second-order valence-corrected chi connectivity index (χ2v) is 4.05. The molecular weight excluding hydrogens is 280 g/mol. The number of aromatic nitrogens is 2. The van der Waals surface area contributed by atoms with Gasteiger partial charge < -0.3 is 5.11 Å². The topological polar surface area (TPSA) is 81.2 Å². The van der Waals surface area contributed by atoms with Gasteiger partial charge in [-0.15, -0.1) is 3.89 Å². The molecule has 9 heteroatoms. The molecule has 1 aromatic carbocycles. The predicted molar refractivity (Wildman–Crippen MR) is 64.3 cm³/mol. The predicted octanol–water partition coefficient (Wildman–Crippen LogP) is 2.47. The average Bonchev–Trinajstić information content (AvgIpc) is 2.81. The van der Waals surface area contributed by atoms with Gasteiger partial charge in [0.05, 0.1) is 23.3 Å². The highest BCUT2D eigenvalue weighted by Crippen LogP contribution is 2.29.